The van der Waals surface area contributed by atoms with Crippen LogP contribution in [-0.4, -0.2) is 59.7 Å². The summed E-state index contributed by atoms with van der Waals surface area (Å²) in [5.74, 6) is -1.24. The van der Waals surface area contributed by atoms with Gasteiger partial charge in [0.25, 0.3) is 5.60 Å². The molecule has 2 amide bonds. The highest BCUT2D eigenvalue weighted by molar-refractivity contribution is 6.32. The average molecular weight is 495 g/mol. The molecule has 0 bridgehead atoms. The van der Waals surface area contributed by atoms with E-state index in [2.05, 4.69) is 0 Å². The van der Waals surface area contributed by atoms with Crippen molar-refractivity contribution in [1.29, 1.82) is 0 Å². The maximum atomic E-state index is 13.9. The van der Waals surface area contributed by atoms with Crippen LogP contribution in [0.2, 0.25) is 0 Å². The van der Waals surface area contributed by atoms with Gasteiger partial charge >= 0.3 is 12.2 Å². The van der Waals surface area contributed by atoms with Crippen LogP contribution in [0.25, 0.3) is 0 Å². The number of ketones is 2. The topological polar surface area (TPSA) is 93.2 Å². The third-order valence-electron chi connectivity index (χ3n) is 6.59. The summed E-state index contributed by atoms with van der Waals surface area (Å²) in [5.41, 5.74) is -1.13. The van der Waals surface area contributed by atoms with Crippen molar-refractivity contribution in [3.8, 4) is 5.75 Å². The molecular formula is C28H34N2O6. The minimum Gasteiger partial charge on any atom is -0.421 e. The fourth-order valence-corrected chi connectivity index (χ4v) is 4.34. The van der Waals surface area contributed by atoms with Gasteiger partial charge in [0.2, 0.25) is 11.6 Å². The third-order valence-corrected chi connectivity index (χ3v) is 6.59. The standard InChI is InChI=1S/C28H34N2O6/c1-7-29(8-2)26(33)35-23-17-19(18(5)6)15-16-22(23)28(36-27(34)30(9-3)10-4)24(31)20-13-11-12-14-21(20)25(28)32/h11-18H,7-10H2,1-6H3. The molecule has 1 aliphatic carbocycles. The summed E-state index contributed by atoms with van der Waals surface area (Å²) in [7, 11) is 0. The van der Waals surface area contributed by atoms with E-state index in [1.807, 2.05) is 27.7 Å². The van der Waals surface area contributed by atoms with Crippen molar-refractivity contribution < 1.29 is 28.7 Å². The van der Waals surface area contributed by atoms with E-state index in [-0.39, 0.29) is 28.4 Å². The molecule has 2 aromatic carbocycles. The molecule has 0 spiro atoms. The van der Waals surface area contributed by atoms with Gasteiger partial charge in [0.05, 0.1) is 5.56 Å². The molecule has 0 fully saturated rings. The number of amides is 2. The zero-order chi connectivity index (χ0) is 26.6. The average Bonchev–Trinajstić information content (AvgIpc) is 3.08. The Kier molecular flexibility index (Phi) is 8.17. The SMILES string of the molecule is CCN(CC)C(=O)Oc1cc(C(C)C)ccc1C1(OC(=O)N(CC)CC)C(=O)c2ccccc2C1=O. The van der Waals surface area contributed by atoms with Gasteiger partial charge < -0.3 is 19.3 Å². The van der Waals surface area contributed by atoms with Crippen molar-refractivity contribution in [1.82, 2.24) is 9.80 Å². The molecule has 0 saturated heterocycles. The molecule has 0 aromatic heterocycles. The second kappa shape index (κ2) is 10.9. The van der Waals surface area contributed by atoms with Crippen LogP contribution in [0.1, 0.15) is 79.3 Å². The predicted molar refractivity (Wildman–Crippen MR) is 136 cm³/mol. The third kappa shape index (κ3) is 4.59. The van der Waals surface area contributed by atoms with E-state index in [4.69, 9.17) is 9.47 Å². The van der Waals surface area contributed by atoms with E-state index in [9.17, 15) is 19.2 Å². The van der Waals surface area contributed by atoms with Crippen LogP contribution < -0.4 is 4.74 Å². The van der Waals surface area contributed by atoms with Crippen LogP contribution in [0.4, 0.5) is 9.59 Å². The number of rotatable bonds is 8. The molecule has 8 nitrogen and oxygen atoms in total. The highest BCUT2D eigenvalue weighted by Gasteiger charge is 2.59. The number of hydrogen-bond acceptors (Lipinski definition) is 6. The molecule has 0 radical (unpaired) electrons. The Balaban J connectivity index is 2.26. The summed E-state index contributed by atoms with van der Waals surface area (Å²) < 4.78 is 11.6. The lowest BCUT2D eigenvalue weighted by atomic mass is 9.86. The molecule has 0 heterocycles. The smallest absolute Gasteiger partial charge is 0.415 e. The molecule has 8 heteroatoms. The van der Waals surface area contributed by atoms with Crippen LogP contribution in [0.5, 0.6) is 5.75 Å². The minimum absolute atomic E-state index is 0.0138. The van der Waals surface area contributed by atoms with Gasteiger partial charge in [0.15, 0.2) is 0 Å². The largest absolute Gasteiger partial charge is 0.421 e. The van der Waals surface area contributed by atoms with Crippen molar-refractivity contribution >= 4 is 23.8 Å². The Morgan fingerprint density at radius 3 is 1.78 bits per heavy atom. The summed E-state index contributed by atoms with van der Waals surface area (Å²) in [5, 5.41) is 0. The zero-order valence-electron chi connectivity index (χ0n) is 21.8. The highest BCUT2D eigenvalue weighted by atomic mass is 16.6. The first-order chi connectivity index (χ1) is 17.2. The number of ether oxygens (including phenoxy) is 2. The van der Waals surface area contributed by atoms with Gasteiger partial charge in [-0.05, 0) is 51.3 Å². The first kappa shape index (κ1) is 26.9. The van der Waals surface area contributed by atoms with Gasteiger partial charge in [-0.15, -0.1) is 0 Å². The lowest BCUT2D eigenvalue weighted by molar-refractivity contribution is 0.00623. The molecule has 0 unspecified atom stereocenters. The lowest BCUT2D eigenvalue weighted by Crippen LogP contribution is -2.47. The Hall–Kier alpha value is -3.68. The summed E-state index contributed by atoms with van der Waals surface area (Å²) in [6.45, 7) is 12.6. The fourth-order valence-electron chi connectivity index (χ4n) is 4.34. The Labute approximate surface area is 212 Å². The normalized spacial score (nSPS) is 14.0. The van der Waals surface area contributed by atoms with Gasteiger partial charge in [0, 0.05) is 37.3 Å². The number of fused-ring (bicyclic) bond motifs is 1. The number of carbonyl (C=O) groups excluding carboxylic acids is 4. The Bertz CT molecular complexity index is 1130. The van der Waals surface area contributed by atoms with Crippen molar-refractivity contribution in [3.05, 3.63) is 64.7 Å². The summed E-state index contributed by atoms with van der Waals surface area (Å²) in [6, 6.07) is 11.3. The quantitative estimate of drug-likeness (QED) is 0.456. The summed E-state index contributed by atoms with van der Waals surface area (Å²) in [6.07, 6.45) is -1.42. The van der Waals surface area contributed by atoms with Crippen LogP contribution in [-0.2, 0) is 10.3 Å². The van der Waals surface area contributed by atoms with Gasteiger partial charge in [-0.1, -0.05) is 44.2 Å². The van der Waals surface area contributed by atoms with Gasteiger partial charge in [-0.3, -0.25) is 9.59 Å². The van der Waals surface area contributed by atoms with Crippen molar-refractivity contribution in [2.45, 2.75) is 53.1 Å². The molecule has 36 heavy (non-hydrogen) atoms. The van der Waals surface area contributed by atoms with Gasteiger partial charge in [-0.2, -0.15) is 0 Å². The van der Waals surface area contributed by atoms with E-state index in [1.54, 1.807) is 44.2 Å². The van der Waals surface area contributed by atoms with Crippen LogP contribution in [0, 0.1) is 0 Å². The lowest BCUT2D eigenvalue weighted by Gasteiger charge is -2.31. The first-order valence-electron chi connectivity index (χ1n) is 12.4. The van der Waals surface area contributed by atoms with E-state index in [0.717, 1.165) is 5.56 Å². The maximum Gasteiger partial charge on any atom is 0.415 e. The first-order valence-corrected chi connectivity index (χ1v) is 12.4. The van der Waals surface area contributed by atoms with E-state index in [1.165, 1.54) is 21.9 Å². The molecule has 2 aromatic rings. The summed E-state index contributed by atoms with van der Waals surface area (Å²) in [4.78, 5) is 56.8. The van der Waals surface area contributed by atoms with Crippen LogP contribution >= 0.6 is 0 Å². The molecule has 0 saturated carbocycles. The predicted octanol–water partition coefficient (Wildman–Crippen LogP) is 5.40. The van der Waals surface area contributed by atoms with Crippen LogP contribution in [0.15, 0.2) is 42.5 Å². The van der Waals surface area contributed by atoms with E-state index in [0.29, 0.717) is 26.2 Å². The van der Waals surface area contributed by atoms with Crippen molar-refractivity contribution in [3.63, 3.8) is 0 Å². The van der Waals surface area contributed by atoms with Gasteiger partial charge in [0.1, 0.15) is 5.75 Å². The highest BCUT2D eigenvalue weighted by Crippen LogP contribution is 2.45. The molecular weight excluding hydrogens is 460 g/mol. The zero-order valence-corrected chi connectivity index (χ0v) is 21.8. The fraction of sp³-hybridized carbons (Fsp3) is 0.429. The molecule has 0 N–H and O–H groups in total. The molecule has 0 atom stereocenters. The molecule has 1 aliphatic rings. The molecule has 192 valence electrons. The Morgan fingerprint density at radius 1 is 0.806 bits per heavy atom. The summed E-state index contributed by atoms with van der Waals surface area (Å²) >= 11 is 0. The number of nitrogens with zero attached hydrogens (tertiary/aromatic N) is 2. The van der Waals surface area contributed by atoms with E-state index < -0.39 is 29.4 Å². The van der Waals surface area contributed by atoms with Crippen molar-refractivity contribution in [2.24, 2.45) is 0 Å². The van der Waals surface area contributed by atoms with E-state index >= 15 is 0 Å². The van der Waals surface area contributed by atoms with Crippen LogP contribution in [0.3, 0.4) is 0 Å². The maximum absolute atomic E-state index is 13.9. The number of hydrogen-bond donors (Lipinski definition) is 0. The minimum atomic E-state index is -2.31. The molecule has 0 aliphatic heterocycles. The number of benzene rings is 2. The van der Waals surface area contributed by atoms with Gasteiger partial charge in [-0.25, -0.2) is 9.59 Å². The van der Waals surface area contributed by atoms with Crippen molar-refractivity contribution in [2.75, 3.05) is 26.2 Å². The monoisotopic (exact) mass is 494 g/mol. The second-order valence-electron chi connectivity index (χ2n) is 8.88. The number of carbonyl (C=O) groups is 4. The Morgan fingerprint density at radius 2 is 1.31 bits per heavy atom. The molecule has 3 rings (SSSR count). The second-order valence-corrected chi connectivity index (χ2v) is 8.88. The number of Topliss-reactive ketones (excluding diaryl/α,β-unsaturated/α-hetero) is 2.